The van der Waals surface area contributed by atoms with E-state index in [0.29, 0.717) is 11.3 Å². The van der Waals surface area contributed by atoms with Crippen molar-refractivity contribution in [1.29, 1.82) is 0 Å². The van der Waals surface area contributed by atoms with E-state index >= 15 is 0 Å². The van der Waals surface area contributed by atoms with Crippen LogP contribution in [0.25, 0.3) is 11.0 Å². The first-order chi connectivity index (χ1) is 12.2. The van der Waals surface area contributed by atoms with Crippen molar-refractivity contribution in [3.8, 4) is 0 Å². The Kier molecular flexibility index (Phi) is 4.55. The number of nitrogens with zero attached hydrogens (tertiary/aromatic N) is 1. The number of benzene rings is 1. The number of hydrogen-bond donors (Lipinski definition) is 2. The number of fused-ring (bicyclic) bond motifs is 1. The average molecular weight is 370 g/mol. The first-order valence-corrected chi connectivity index (χ1v) is 8.00. The molecule has 0 spiro atoms. The van der Waals surface area contributed by atoms with E-state index in [0.717, 1.165) is 10.3 Å². The van der Waals surface area contributed by atoms with Crippen LogP contribution in [0.15, 0.2) is 34.7 Å². The van der Waals surface area contributed by atoms with Crippen molar-refractivity contribution in [2.75, 3.05) is 13.1 Å². The number of carbonyl (C=O) groups is 2. The standard InChI is InChI=1S/C17H17F3N2O4/c1-9(14-6-10-4-2-3-5-13(10)26-14)21-16(25)22-7-11(15(23)24)12(8-22)17(18,19)20/h2-6,9,11-12H,7-8H2,1H3,(H,21,25)(H,23,24)/t9-,11+,12+/m0/s1. The monoisotopic (exact) mass is 370 g/mol. The molecule has 2 N–H and O–H groups in total. The van der Waals surface area contributed by atoms with Gasteiger partial charge < -0.3 is 19.7 Å². The van der Waals surface area contributed by atoms with Gasteiger partial charge in [0, 0.05) is 18.5 Å². The Bertz CT molecular complexity index is 800. The van der Waals surface area contributed by atoms with Crippen LogP contribution < -0.4 is 5.32 Å². The fourth-order valence-electron chi connectivity index (χ4n) is 3.11. The summed E-state index contributed by atoms with van der Waals surface area (Å²) < 4.78 is 44.7. The third-order valence-corrected chi connectivity index (χ3v) is 4.56. The number of hydrogen-bond acceptors (Lipinski definition) is 3. The minimum atomic E-state index is -4.68. The second kappa shape index (κ2) is 6.54. The van der Waals surface area contributed by atoms with Gasteiger partial charge in [-0.15, -0.1) is 0 Å². The number of alkyl halides is 3. The summed E-state index contributed by atoms with van der Waals surface area (Å²) in [5.41, 5.74) is 0.632. The first-order valence-electron chi connectivity index (χ1n) is 8.00. The maximum Gasteiger partial charge on any atom is 0.394 e. The fraction of sp³-hybridized carbons (Fsp3) is 0.412. The van der Waals surface area contributed by atoms with Gasteiger partial charge in [0.05, 0.1) is 17.9 Å². The summed E-state index contributed by atoms with van der Waals surface area (Å²) in [6, 6.07) is 7.63. The third-order valence-electron chi connectivity index (χ3n) is 4.56. The predicted octanol–water partition coefficient (Wildman–Crippen LogP) is 3.40. The molecule has 1 aliphatic rings. The lowest BCUT2D eigenvalue weighted by atomic mass is 9.96. The lowest BCUT2D eigenvalue weighted by molar-refractivity contribution is -0.187. The molecule has 2 aromatic rings. The Morgan fingerprint density at radius 3 is 2.58 bits per heavy atom. The number of carbonyl (C=O) groups excluding carboxylic acids is 1. The van der Waals surface area contributed by atoms with Gasteiger partial charge in [0.2, 0.25) is 0 Å². The Morgan fingerprint density at radius 1 is 1.31 bits per heavy atom. The van der Waals surface area contributed by atoms with Crippen LogP contribution in [-0.4, -0.2) is 41.3 Å². The van der Waals surface area contributed by atoms with Gasteiger partial charge in [-0.2, -0.15) is 13.2 Å². The highest BCUT2D eigenvalue weighted by atomic mass is 19.4. The number of nitrogens with one attached hydrogen (secondary N) is 1. The van der Waals surface area contributed by atoms with E-state index in [1.54, 1.807) is 25.1 Å². The van der Waals surface area contributed by atoms with Crippen LogP contribution in [0, 0.1) is 11.8 Å². The van der Waals surface area contributed by atoms with Crippen LogP contribution in [-0.2, 0) is 4.79 Å². The highest BCUT2D eigenvalue weighted by molar-refractivity contribution is 5.79. The SMILES string of the molecule is C[C@H](NC(=O)N1C[C@@H](C(F)(F)F)[C@H](C(=O)O)C1)c1cc2ccccc2o1. The molecular weight excluding hydrogens is 353 g/mol. The lowest BCUT2D eigenvalue weighted by Crippen LogP contribution is -2.40. The molecule has 0 aliphatic carbocycles. The largest absolute Gasteiger partial charge is 0.481 e. The Hall–Kier alpha value is -2.71. The number of furan rings is 1. The summed E-state index contributed by atoms with van der Waals surface area (Å²) in [5.74, 6) is -4.84. The van der Waals surface area contributed by atoms with E-state index in [1.165, 1.54) is 0 Å². The molecule has 2 amide bonds. The zero-order valence-corrected chi connectivity index (χ0v) is 13.8. The van der Waals surface area contributed by atoms with Gasteiger partial charge in [-0.3, -0.25) is 4.79 Å². The average Bonchev–Trinajstić information content (AvgIpc) is 3.18. The van der Waals surface area contributed by atoms with Gasteiger partial charge >= 0.3 is 18.2 Å². The van der Waals surface area contributed by atoms with Crippen LogP contribution in [0.1, 0.15) is 18.7 Å². The van der Waals surface area contributed by atoms with Gasteiger partial charge in [0.25, 0.3) is 0 Å². The van der Waals surface area contributed by atoms with E-state index in [4.69, 9.17) is 9.52 Å². The maximum atomic E-state index is 13.0. The molecule has 1 fully saturated rings. The zero-order valence-electron chi connectivity index (χ0n) is 13.8. The fourth-order valence-corrected chi connectivity index (χ4v) is 3.11. The highest BCUT2D eigenvalue weighted by Crippen LogP contribution is 2.37. The van der Waals surface area contributed by atoms with Gasteiger partial charge in [0.1, 0.15) is 11.3 Å². The van der Waals surface area contributed by atoms with Crippen molar-refractivity contribution in [2.45, 2.75) is 19.1 Å². The number of carboxylic acids is 1. The van der Waals surface area contributed by atoms with Crippen LogP contribution in [0.2, 0.25) is 0 Å². The molecular formula is C17H17F3N2O4. The van der Waals surface area contributed by atoms with E-state index in [1.807, 2.05) is 12.1 Å². The minimum Gasteiger partial charge on any atom is -0.481 e. The van der Waals surface area contributed by atoms with E-state index in [2.05, 4.69) is 5.32 Å². The Labute approximate surface area is 146 Å². The molecule has 1 aromatic heterocycles. The molecule has 3 rings (SSSR count). The summed E-state index contributed by atoms with van der Waals surface area (Å²) in [6.45, 7) is 0.471. The van der Waals surface area contributed by atoms with E-state index in [-0.39, 0.29) is 0 Å². The number of para-hydroxylation sites is 1. The molecule has 9 heteroatoms. The van der Waals surface area contributed by atoms with E-state index < -0.39 is 49.1 Å². The number of urea groups is 1. The molecule has 1 aromatic carbocycles. The van der Waals surface area contributed by atoms with Crippen LogP contribution in [0.5, 0.6) is 0 Å². The molecule has 26 heavy (non-hydrogen) atoms. The maximum absolute atomic E-state index is 13.0. The van der Waals surface area contributed by atoms with Crippen LogP contribution >= 0.6 is 0 Å². The topological polar surface area (TPSA) is 82.8 Å². The summed E-state index contributed by atoms with van der Waals surface area (Å²) in [7, 11) is 0. The van der Waals surface area contributed by atoms with Crippen LogP contribution in [0.4, 0.5) is 18.0 Å². The van der Waals surface area contributed by atoms with E-state index in [9.17, 15) is 22.8 Å². The zero-order chi connectivity index (χ0) is 19.1. The second-order valence-electron chi connectivity index (χ2n) is 6.36. The number of carboxylic acid groups (broad SMARTS) is 1. The van der Waals surface area contributed by atoms with Crippen molar-refractivity contribution < 1.29 is 32.3 Å². The minimum absolute atomic E-state index is 0.459. The normalized spacial score (nSPS) is 21.8. The second-order valence-corrected chi connectivity index (χ2v) is 6.36. The molecule has 2 heterocycles. The van der Waals surface area contributed by atoms with Crippen molar-refractivity contribution in [3.63, 3.8) is 0 Å². The van der Waals surface area contributed by atoms with Gasteiger partial charge in [-0.25, -0.2) is 4.79 Å². The summed E-state index contributed by atoms with van der Waals surface area (Å²) in [5, 5.41) is 12.4. The Morgan fingerprint density at radius 2 is 2.00 bits per heavy atom. The Balaban J connectivity index is 1.70. The lowest BCUT2D eigenvalue weighted by Gasteiger charge is -2.20. The molecule has 6 nitrogen and oxygen atoms in total. The quantitative estimate of drug-likeness (QED) is 0.868. The van der Waals surface area contributed by atoms with Gasteiger partial charge in [-0.05, 0) is 19.1 Å². The summed E-state index contributed by atoms with van der Waals surface area (Å²) >= 11 is 0. The first kappa shape index (κ1) is 18.1. The highest BCUT2D eigenvalue weighted by Gasteiger charge is 2.53. The molecule has 0 radical (unpaired) electrons. The van der Waals surface area contributed by atoms with Crippen molar-refractivity contribution in [1.82, 2.24) is 10.2 Å². The number of halogens is 3. The summed E-state index contributed by atoms with van der Waals surface area (Å²) in [4.78, 5) is 24.3. The van der Waals surface area contributed by atoms with Crippen molar-refractivity contribution in [3.05, 3.63) is 36.1 Å². The van der Waals surface area contributed by atoms with Gasteiger partial charge in [0.15, 0.2) is 0 Å². The smallest absolute Gasteiger partial charge is 0.394 e. The van der Waals surface area contributed by atoms with Crippen LogP contribution in [0.3, 0.4) is 0 Å². The molecule has 0 saturated carbocycles. The number of likely N-dealkylation sites (tertiary alicyclic amines) is 1. The molecule has 0 bridgehead atoms. The molecule has 140 valence electrons. The number of rotatable bonds is 3. The molecule has 3 atom stereocenters. The third kappa shape index (κ3) is 3.47. The van der Waals surface area contributed by atoms with Crippen molar-refractivity contribution >= 4 is 23.0 Å². The molecule has 1 saturated heterocycles. The predicted molar refractivity (Wildman–Crippen MR) is 85.4 cm³/mol. The van der Waals surface area contributed by atoms with Crippen molar-refractivity contribution in [2.24, 2.45) is 11.8 Å². The molecule has 0 unspecified atom stereocenters. The number of aliphatic carboxylic acids is 1. The number of amides is 2. The van der Waals surface area contributed by atoms with Gasteiger partial charge in [-0.1, -0.05) is 18.2 Å². The summed E-state index contributed by atoms with van der Waals surface area (Å²) in [6.07, 6.45) is -4.68. The molecule has 1 aliphatic heterocycles.